The summed E-state index contributed by atoms with van der Waals surface area (Å²) in [6.45, 7) is 7.78. The van der Waals surface area contributed by atoms with Gasteiger partial charge in [0.05, 0.1) is 24.4 Å². The monoisotopic (exact) mass is 419 g/mol. The maximum Gasteiger partial charge on any atom is 0.341 e. The molecule has 0 aromatic carbocycles. The maximum absolute atomic E-state index is 12.7. The maximum atomic E-state index is 12.7. The normalized spacial score (nSPS) is 11.0. The van der Waals surface area contributed by atoms with Crippen LogP contribution in [-0.2, 0) is 16.1 Å². The minimum absolute atomic E-state index is 0.0892. The first kappa shape index (κ1) is 20.2. The van der Waals surface area contributed by atoms with Gasteiger partial charge in [-0.25, -0.2) is 9.78 Å². The summed E-state index contributed by atoms with van der Waals surface area (Å²) in [6, 6.07) is 0. The molecular weight excluding hydrogens is 398 g/mol. The molecule has 3 rings (SSSR count). The van der Waals surface area contributed by atoms with Crippen LogP contribution in [0.15, 0.2) is 11.1 Å². The Morgan fingerprint density at radius 3 is 2.50 bits per heavy atom. The van der Waals surface area contributed by atoms with Crippen molar-refractivity contribution in [2.45, 2.75) is 40.7 Å². The van der Waals surface area contributed by atoms with Crippen LogP contribution in [0.2, 0.25) is 0 Å². The van der Waals surface area contributed by atoms with Crippen molar-refractivity contribution in [3.63, 3.8) is 0 Å². The van der Waals surface area contributed by atoms with Gasteiger partial charge in [0, 0.05) is 22.7 Å². The molecule has 0 unspecified atom stereocenters. The lowest BCUT2D eigenvalue weighted by atomic mass is 10.1. The number of aryl methyl sites for hydroxylation is 4. The molecule has 0 saturated carbocycles. The summed E-state index contributed by atoms with van der Waals surface area (Å²) in [5.74, 6) is -0.761. The molecule has 0 aliphatic carbocycles. The largest absolute Gasteiger partial charge is 0.465 e. The van der Waals surface area contributed by atoms with Crippen molar-refractivity contribution in [2.24, 2.45) is 0 Å². The predicted octanol–water partition coefficient (Wildman–Crippen LogP) is 3.57. The molecule has 0 bridgehead atoms. The number of hydrogen-bond acceptors (Lipinski definition) is 7. The number of rotatable bonds is 5. The number of fused-ring (bicyclic) bond motifs is 1. The summed E-state index contributed by atoms with van der Waals surface area (Å²) in [5.41, 5.74) is 1.96. The quantitative estimate of drug-likeness (QED) is 0.639. The number of carbonyl (C=O) groups is 2. The number of esters is 1. The standard InChI is InChI=1S/C19H21N3O4S2/c1-9-11(3)27-16-14(9)18(24)22(8-20-16)7-6-13(23)21-17-15(19(25)26-5)10(2)12(4)28-17/h8H,6-7H2,1-5H3,(H,21,23). The van der Waals surface area contributed by atoms with Gasteiger partial charge in [-0.2, -0.15) is 0 Å². The van der Waals surface area contributed by atoms with Crippen molar-refractivity contribution in [3.05, 3.63) is 43.1 Å². The molecule has 0 spiro atoms. The van der Waals surface area contributed by atoms with Crippen LogP contribution in [0.4, 0.5) is 5.00 Å². The van der Waals surface area contributed by atoms with E-state index in [0.717, 1.165) is 20.9 Å². The van der Waals surface area contributed by atoms with E-state index in [-0.39, 0.29) is 24.4 Å². The third-order valence-electron chi connectivity index (χ3n) is 4.76. The van der Waals surface area contributed by atoms with Gasteiger partial charge in [-0.1, -0.05) is 0 Å². The Morgan fingerprint density at radius 1 is 1.14 bits per heavy atom. The van der Waals surface area contributed by atoms with Gasteiger partial charge in [-0.05, 0) is 38.8 Å². The summed E-state index contributed by atoms with van der Waals surface area (Å²) < 4.78 is 6.27. The molecule has 3 aromatic heterocycles. The van der Waals surface area contributed by atoms with Gasteiger partial charge < -0.3 is 10.1 Å². The number of methoxy groups -OCH3 is 1. The van der Waals surface area contributed by atoms with Crippen molar-refractivity contribution in [3.8, 4) is 0 Å². The van der Waals surface area contributed by atoms with Gasteiger partial charge in [0.2, 0.25) is 5.91 Å². The van der Waals surface area contributed by atoms with Crippen molar-refractivity contribution in [1.29, 1.82) is 0 Å². The smallest absolute Gasteiger partial charge is 0.341 e. The highest BCUT2D eigenvalue weighted by molar-refractivity contribution is 7.18. The second-order valence-corrected chi connectivity index (χ2v) is 8.91. The molecule has 0 aliphatic rings. The van der Waals surface area contributed by atoms with Crippen LogP contribution in [0.1, 0.15) is 37.7 Å². The van der Waals surface area contributed by atoms with Gasteiger partial charge in [0.15, 0.2) is 0 Å². The van der Waals surface area contributed by atoms with E-state index in [2.05, 4.69) is 10.3 Å². The van der Waals surface area contributed by atoms with Gasteiger partial charge in [-0.15, -0.1) is 22.7 Å². The minimum Gasteiger partial charge on any atom is -0.465 e. The number of ether oxygens (including phenoxy) is 1. The Hall–Kier alpha value is -2.52. The average molecular weight is 420 g/mol. The summed E-state index contributed by atoms with van der Waals surface area (Å²) in [4.78, 5) is 44.2. The number of carbonyl (C=O) groups excluding carboxylic acids is 2. The zero-order valence-corrected chi connectivity index (χ0v) is 18.0. The number of hydrogen-bond donors (Lipinski definition) is 1. The highest BCUT2D eigenvalue weighted by Crippen LogP contribution is 2.33. The average Bonchev–Trinajstić information content (AvgIpc) is 3.10. The van der Waals surface area contributed by atoms with Gasteiger partial charge in [0.25, 0.3) is 5.56 Å². The molecule has 1 amide bonds. The predicted molar refractivity (Wildman–Crippen MR) is 112 cm³/mol. The molecule has 28 heavy (non-hydrogen) atoms. The summed E-state index contributed by atoms with van der Waals surface area (Å²) in [7, 11) is 1.31. The lowest BCUT2D eigenvalue weighted by molar-refractivity contribution is -0.116. The number of nitrogens with zero attached hydrogens (tertiary/aromatic N) is 2. The van der Waals surface area contributed by atoms with E-state index >= 15 is 0 Å². The van der Waals surface area contributed by atoms with E-state index in [1.54, 1.807) is 0 Å². The number of amides is 1. The van der Waals surface area contributed by atoms with E-state index in [4.69, 9.17) is 4.74 Å². The van der Waals surface area contributed by atoms with Crippen LogP contribution >= 0.6 is 22.7 Å². The van der Waals surface area contributed by atoms with Crippen molar-refractivity contribution >= 4 is 49.8 Å². The van der Waals surface area contributed by atoms with E-state index in [1.165, 1.54) is 40.7 Å². The Morgan fingerprint density at radius 2 is 1.82 bits per heavy atom. The SMILES string of the molecule is COC(=O)c1c(NC(=O)CCn2cnc3sc(C)c(C)c3c2=O)sc(C)c1C. The first-order valence-corrected chi connectivity index (χ1v) is 10.3. The third kappa shape index (κ3) is 3.59. The lowest BCUT2D eigenvalue weighted by Crippen LogP contribution is -2.23. The molecule has 3 aromatic rings. The molecule has 0 saturated heterocycles. The van der Waals surface area contributed by atoms with Gasteiger partial charge >= 0.3 is 5.97 Å². The molecule has 9 heteroatoms. The Bertz CT molecular complexity index is 1140. The van der Waals surface area contributed by atoms with Crippen LogP contribution in [-0.4, -0.2) is 28.5 Å². The van der Waals surface area contributed by atoms with Crippen LogP contribution in [0.3, 0.4) is 0 Å². The molecular formula is C19H21N3O4S2. The van der Waals surface area contributed by atoms with Crippen LogP contribution < -0.4 is 10.9 Å². The molecule has 0 atom stereocenters. The van der Waals surface area contributed by atoms with Crippen molar-refractivity contribution < 1.29 is 14.3 Å². The second-order valence-electron chi connectivity index (χ2n) is 6.48. The van der Waals surface area contributed by atoms with E-state index < -0.39 is 5.97 Å². The summed E-state index contributed by atoms with van der Waals surface area (Å²) in [6.07, 6.45) is 1.57. The van der Waals surface area contributed by atoms with E-state index in [0.29, 0.717) is 20.8 Å². The topological polar surface area (TPSA) is 90.3 Å². The van der Waals surface area contributed by atoms with E-state index in [9.17, 15) is 14.4 Å². The van der Waals surface area contributed by atoms with Gasteiger partial charge in [0.1, 0.15) is 9.83 Å². The third-order valence-corrected chi connectivity index (χ3v) is 7.00. The number of thiophene rings is 2. The molecule has 0 aliphatic heterocycles. The first-order chi connectivity index (χ1) is 13.2. The van der Waals surface area contributed by atoms with Gasteiger partial charge in [-0.3, -0.25) is 14.2 Å². The zero-order chi connectivity index (χ0) is 20.6. The lowest BCUT2D eigenvalue weighted by Gasteiger charge is -2.08. The van der Waals surface area contributed by atoms with Crippen molar-refractivity contribution in [2.75, 3.05) is 12.4 Å². The minimum atomic E-state index is -0.480. The molecule has 148 valence electrons. The Labute approximate surface area is 170 Å². The number of aromatic nitrogens is 2. The Kier molecular flexibility index (Phi) is 5.66. The molecule has 1 N–H and O–H groups in total. The summed E-state index contributed by atoms with van der Waals surface area (Å²) in [5, 5.41) is 3.86. The van der Waals surface area contributed by atoms with Crippen LogP contribution in [0, 0.1) is 27.7 Å². The summed E-state index contributed by atoms with van der Waals surface area (Å²) >= 11 is 2.82. The Balaban J connectivity index is 1.77. The fourth-order valence-corrected chi connectivity index (χ4v) is 4.96. The highest BCUT2D eigenvalue weighted by Gasteiger charge is 2.21. The first-order valence-electron chi connectivity index (χ1n) is 8.67. The van der Waals surface area contributed by atoms with Crippen molar-refractivity contribution in [1.82, 2.24) is 9.55 Å². The molecule has 0 radical (unpaired) electrons. The highest BCUT2D eigenvalue weighted by atomic mass is 32.1. The molecule has 0 fully saturated rings. The van der Waals surface area contributed by atoms with Crippen LogP contribution in [0.25, 0.3) is 10.2 Å². The molecule has 7 nitrogen and oxygen atoms in total. The van der Waals surface area contributed by atoms with E-state index in [1.807, 2.05) is 27.7 Å². The fourth-order valence-electron chi connectivity index (χ4n) is 2.90. The number of anilines is 1. The zero-order valence-electron chi connectivity index (χ0n) is 16.3. The second kappa shape index (κ2) is 7.84. The molecule has 3 heterocycles. The number of nitrogens with one attached hydrogen (secondary N) is 1. The van der Waals surface area contributed by atoms with Crippen LogP contribution in [0.5, 0.6) is 0 Å². The fraction of sp³-hybridized carbons (Fsp3) is 0.368.